The molecule has 0 aliphatic carbocycles. The van der Waals surface area contributed by atoms with E-state index in [1.807, 2.05) is 36.4 Å². The van der Waals surface area contributed by atoms with E-state index in [0.717, 1.165) is 28.3 Å². The molecule has 2 aromatic carbocycles. The summed E-state index contributed by atoms with van der Waals surface area (Å²) in [6.07, 6.45) is 1.65. The van der Waals surface area contributed by atoms with Crippen LogP contribution < -0.4 is 5.32 Å². The Kier molecular flexibility index (Phi) is 3.75. The van der Waals surface area contributed by atoms with E-state index in [0.29, 0.717) is 13.1 Å². The Morgan fingerprint density at radius 3 is 2.62 bits per heavy atom. The van der Waals surface area contributed by atoms with Gasteiger partial charge in [0.1, 0.15) is 11.6 Å². The van der Waals surface area contributed by atoms with Gasteiger partial charge in [0.15, 0.2) is 0 Å². The fraction of sp³-hybridized carbons (Fsp3) is 0.105. The number of fused-ring (bicyclic) bond motifs is 1. The summed E-state index contributed by atoms with van der Waals surface area (Å²) in [5.41, 5.74) is 2.96. The fourth-order valence-corrected chi connectivity index (χ4v) is 2.72. The maximum atomic E-state index is 13.1. The van der Waals surface area contributed by atoms with Crippen LogP contribution in [0.4, 0.5) is 10.3 Å². The molecule has 0 bridgehead atoms. The van der Waals surface area contributed by atoms with E-state index in [9.17, 15) is 4.39 Å². The van der Waals surface area contributed by atoms with Crippen molar-refractivity contribution in [3.8, 4) is 0 Å². The molecule has 0 saturated carbocycles. The van der Waals surface area contributed by atoms with Crippen molar-refractivity contribution in [2.75, 3.05) is 5.32 Å². The summed E-state index contributed by atoms with van der Waals surface area (Å²) in [5.74, 6) is 1.37. The maximum Gasteiger partial charge on any atom is 0.204 e. The Labute approximate surface area is 138 Å². The predicted octanol–water partition coefficient (Wildman–Crippen LogP) is 4.43. The SMILES string of the molecule is Fc1ccc(Cn2c(NCc3ccco3)nc3ccccc32)cc1. The van der Waals surface area contributed by atoms with Crippen LogP contribution in [0.3, 0.4) is 0 Å². The number of nitrogens with one attached hydrogen (secondary N) is 1. The molecule has 4 nitrogen and oxygen atoms in total. The molecule has 4 rings (SSSR count). The number of furan rings is 1. The third kappa shape index (κ3) is 2.88. The molecule has 0 fully saturated rings. The van der Waals surface area contributed by atoms with Gasteiger partial charge in [-0.15, -0.1) is 0 Å². The molecule has 0 aliphatic rings. The highest BCUT2D eigenvalue weighted by molar-refractivity contribution is 5.78. The molecule has 2 heterocycles. The van der Waals surface area contributed by atoms with Crippen LogP contribution in [0.2, 0.25) is 0 Å². The van der Waals surface area contributed by atoms with Gasteiger partial charge >= 0.3 is 0 Å². The first-order chi connectivity index (χ1) is 11.8. The number of aromatic nitrogens is 2. The molecule has 0 amide bonds. The van der Waals surface area contributed by atoms with Crippen LogP contribution in [-0.2, 0) is 13.1 Å². The van der Waals surface area contributed by atoms with Crippen molar-refractivity contribution in [3.63, 3.8) is 0 Å². The van der Waals surface area contributed by atoms with E-state index in [-0.39, 0.29) is 5.82 Å². The van der Waals surface area contributed by atoms with Gasteiger partial charge < -0.3 is 14.3 Å². The molecule has 0 atom stereocenters. The minimum atomic E-state index is -0.231. The summed E-state index contributed by atoms with van der Waals surface area (Å²) in [6, 6.07) is 18.3. The summed E-state index contributed by atoms with van der Waals surface area (Å²) in [6.45, 7) is 1.17. The molecule has 2 aromatic heterocycles. The molecule has 4 aromatic rings. The topological polar surface area (TPSA) is 43.0 Å². The molecule has 120 valence electrons. The van der Waals surface area contributed by atoms with Gasteiger partial charge in [-0.05, 0) is 42.0 Å². The van der Waals surface area contributed by atoms with E-state index >= 15 is 0 Å². The zero-order chi connectivity index (χ0) is 16.4. The van der Waals surface area contributed by atoms with E-state index in [1.165, 1.54) is 12.1 Å². The molecule has 0 spiro atoms. The average molecular weight is 321 g/mol. The first-order valence-electron chi connectivity index (χ1n) is 7.75. The van der Waals surface area contributed by atoms with Gasteiger partial charge in [-0.25, -0.2) is 9.37 Å². The maximum absolute atomic E-state index is 13.1. The number of rotatable bonds is 5. The second kappa shape index (κ2) is 6.20. The van der Waals surface area contributed by atoms with Crippen molar-refractivity contribution in [1.82, 2.24) is 9.55 Å². The van der Waals surface area contributed by atoms with Gasteiger partial charge in [0.05, 0.1) is 30.4 Å². The van der Waals surface area contributed by atoms with Crippen molar-refractivity contribution in [3.05, 3.63) is 84.1 Å². The standard InChI is InChI=1S/C19H16FN3O/c20-15-9-7-14(8-10-15)13-23-18-6-2-1-5-17(18)22-19(23)21-12-16-4-3-11-24-16/h1-11H,12-13H2,(H,21,22). The number of para-hydroxylation sites is 2. The van der Waals surface area contributed by atoms with E-state index in [1.54, 1.807) is 18.4 Å². The molecule has 0 saturated heterocycles. The summed E-state index contributed by atoms with van der Waals surface area (Å²) in [5, 5.41) is 3.32. The van der Waals surface area contributed by atoms with Crippen LogP contribution in [0.5, 0.6) is 0 Å². The zero-order valence-electron chi connectivity index (χ0n) is 12.9. The number of benzene rings is 2. The Balaban J connectivity index is 1.68. The minimum absolute atomic E-state index is 0.231. The normalized spacial score (nSPS) is 11.0. The number of halogens is 1. The number of nitrogens with zero attached hydrogens (tertiary/aromatic N) is 2. The van der Waals surface area contributed by atoms with Crippen LogP contribution in [0.1, 0.15) is 11.3 Å². The van der Waals surface area contributed by atoms with Crippen LogP contribution in [-0.4, -0.2) is 9.55 Å². The van der Waals surface area contributed by atoms with Gasteiger partial charge in [-0.1, -0.05) is 24.3 Å². The molecule has 0 unspecified atom stereocenters. The van der Waals surface area contributed by atoms with E-state index < -0.39 is 0 Å². The van der Waals surface area contributed by atoms with Crippen LogP contribution >= 0.6 is 0 Å². The third-order valence-corrected chi connectivity index (χ3v) is 3.91. The van der Waals surface area contributed by atoms with E-state index in [2.05, 4.69) is 14.9 Å². The molecule has 0 radical (unpaired) electrons. The molecule has 24 heavy (non-hydrogen) atoms. The molecular weight excluding hydrogens is 305 g/mol. The summed E-state index contributed by atoms with van der Waals surface area (Å²) >= 11 is 0. The second-order valence-corrected chi connectivity index (χ2v) is 5.57. The third-order valence-electron chi connectivity index (χ3n) is 3.91. The Morgan fingerprint density at radius 2 is 1.83 bits per heavy atom. The minimum Gasteiger partial charge on any atom is -0.467 e. The molecule has 0 aliphatic heterocycles. The zero-order valence-corrected chi connectivity index (χ0v) is 12.9. The monoisotopic (exact) mass is 321 g/mol. The Morgan fingerprint density at radius 1 is 1.00 bits per heavy atom. The summed E-state index contributed by atoms with van der Waals surface area (Å²) in [4.78, 5) is 4.66. The first kappa shape index (κ1) is 14.5. The van der Waals surface area contributed by atoms with Crippen molar-refractivity contribution >= 4 is 17.0 Å². The lowest BCUT2D eigenvalue weighted by molar-refractivity contribution is 0.517. The Bertz CT molecular complexity index is 943. The van der Waals surface area contributed by atoms with Gasteiger partial charge in [0, 0.05) is 0 Å². The lowest BCUT2D eigenvalue weighted by Crippen LogP contribution is -2.08. The average Bonchev–Trinajstić information content (AvgIpc) is 3.23. The second-order valence-electron chi connectivity index (χ2n) is 5.57. The number of anilines is 1. The van der Waals surface area contributed by atoms with Gasteiger partial charge in [0.2, 0.25) is 5.95 Å². The highest BCUT2D eigenvalue weighted by Gasteiger charge is 2.11. The first-order valence-corrected chi connectivity index (χ1v) is 7.75. The predicted molar refractivity (Wildman–Crippen MR) is 91.3 cm³/mol. The highest BCUT2D eigenvalue weighted by atomic mass is 19.1. The van der Waals surface area contributed by atoms with Crippen LogP contribution in [0, 0.1) is 5.82 Å². The molecular formula is C19H16FN3O. The number of hydrogen-bond donors (Lipinski definition) is 1. The van der Waals surface area contributed by atoms with Crippen molar-refractivity contribution < 1.29 is 8.81 Å². The highest BCUT2D eigenvalue weighted by Crippen LogP contribution is 2.22. The largest absolute Gasteiger partial charge is 0.467 e. The summed E-state index contributed by atoms with van der Waals surface area (Å²) < 4.78 is 20.6. The van der Waals surface area contributed by atoms with Crippen LogP contribution in [0.25, 0.3) is 11.0 Å². The van der Waals surface area contributed by atoms with Crippen molar-refractivity contribution in [2.45, 2.75) is 13.1 Å². The lowest BCUT2D eigenvalue weighted by Gasteiger charge is -2.10. The quantitative estimate of drug-likeness (QED) is 0.591. The number of imidazole rings is 1. The number of hydrogen-bond acceptors (Lipinski definition) is 3. The lowest BCUT2D eigenvalue weighted by atomic mass is 10.2. The molecule has 1 N–H and O–H groups in total. The summed E-state index contributed by atoms with van der Waals surface area (Å²) in [7, 11) is 0. The van der Waals surface area contributed by atoms with Crippen LogP contribution in [0.15, 0.2) is 71.3 Å². The Hall–Kier alpha value is -3.08. The van der Waals surface area contributed by atoms with Gasteiger partial charge in [0.25, 0.3) is 0 Å². The smallest absolute Gasteiger partial charge is 0.204 e. The van der Waals surface area contributed by atoms with Gasteiger partial charge in [-0.2, -0.15) is 0 Å². The fourth-order valence-electron chi connectivity index (χ4n) is 2.72. The molecule has 5 heteroatoms. The van der Waals surface area contributed by atoms with E-state index in [4.69, 9.17) is 4.42 Å². The van der Waals surface area contributed by atoms with Crippen molar-refractivity contribution in [2.24, 2.45) is 0 Å². The van der Waals surface area contributed by atoms with Crippen molar-refractivity contribution in [1.29, 1.82) is 0 Å². The van der Waals surface area contributed by atoms with Gasteiger partial charge in [-0.3, -0.25) is 0 Å².